The molecule has 10 heteroatoms. The van der Waals surface area contributed by atoms with Gasteiger partial charge in [-0.05, 0) is 61.2 Å². The molecule has 2 fully saturated rings. The van der Waals surface area contributed by atoms with E-state index in [2.05, 4.69) is 41.3 Å². The summed E-state index contributed by atoms with van der Waals surface area (Å²) < 4.78 is 19.6. The summed E-state index contributed by atoms with van der Waals surface area (Å²) in [7, 11) is 0. The van der Waals surface area contributed by atoms with E-state index in [1.165, 1.54) is 0 Å². The van der Waals surface area contributed by atoms with E-state index < -0.39 is 5.67 Å². The SMILES string of the molecule is CC1(F)CCN(Cc2cncc(-c3ccc4[nH]nc(C(=O)Nc5ccc(N6CCOCC6)nc5)c4c3)c2)CC1. The van der Waals surface area contributed by atoms with Crippen LogP contribution in [-0.4, -0.2) is 76.0 Å². The van der Waals surface area contributed by atoms with E-state index >= 15 is 0 Å². The second-order valence-electron chi connectivity index (χ2n) is 10.6. The zero-order chi connectivity index (χ0) is 26.8. The second kappa shape index (κ2) is 10.7. The molecule has 2 aliphatic rings. The van der Waals surface area contributed by atoms with Crippen molar-refractivity contribution >= 4 is 28.3 Å². The molecular formula is C29H32FN7O2. The number of amides is 1. The fraction of sp³-hybridized carbons (Fsp3) is 0.379. The highest BCUT2D eigenvalue weighted by molar-refractivity contribution is 6.11. The molecule has 0 aliphatic carbocycles. The number of likely N-dealkylation sites (tertiary alicyclic amines) is 1. The van der Waals surface area contributed by atoms with Crippen LogP contribution >= 0.6 is 0 Å². The highest BCUT2D eigenvalue weighted by Gasteiger charge is 2.29. The minimum atomic E-state index is -1.07. The number of carbonyl (C=O) groups excluding carboxylic acids is 1. The van der Waals surface area contributed by atoms with E-state index in [1.54, 1.807) is 13.1 Å². The molecule has 2 aliphatic heterocycles. The van der Waals surface area contributed by atoms with E-state index in [0.29, 0.717) is 37.4 Å². The number of alkyl halides is 1. The van der Waals surface area contributed by atoms with Gasteiger partial charge in [-0.25, -0.2) is 9.37 Å². The Kier molecular flexibility index (Phi) is 6.97. The Labute approximate surface area is 226 Å². The molecule has 4 aromatic rings. The van der Waals surface area contributed by atoms with Gasteiger partial charge >= 0.3 is 0 Å². The summed E-state index contributed by atoms with van der Waals surface area (Å²) in [5.41, 5.74) is 3.60. The minimum Gasteiger partial charge on any atom is -0.378 e. The van der Waals surface area contributed by atoms with Crippen molar-refractivity contribution in [2.75, 3.05) is 49.6 Å². The Morgan fingerprint density at radius 1 is 1.05 bits per heavy atom. The molecule has 9 nitrogen and oxygen atoms in total. The molecule has 0 radical (unpaired) electrons. The average molecular weight is 530 g/mol. The van der Waals surface area contributed by atoms with Gasteiger partial charge < -0.3 is 15.0 Å². The third-order valence-electron chi connectivity index (χ3n) is 7.55. The highest BCUT2D eigenvalue weighted by atomic mass is 19.1. The van der Waals surface area contributed by atoms with Crippen LogP contribution in [0.3, 0.4) is 0 Å². The van der Waals surface area contributed by atoms with Crippen molar-refractivity contribution < 1.29 is 13.9 Å². The van der Waals surface area contributed by atoms with Crippen LogP contribution in [-0.2, 0) is 11.3 Å². The van der Waals surface area contributed by atoms with Gasteiger partial charge in [0.15, 0.2) is 5.69 Å². The zero-order valence-corrected chi connectivity index (χ0v) is 22.0. The molecule has 2 saturated heterocycles. The number of hydrogen-bond donors (Lipinski definition) is 2. The van der Waals surface area contributed by atoms with Crippen molar-refractivity contribution in [1.29, 1.82) is 0 Å². The van der Waals surface area contributed by atoms with Gasteiger partial charge in [-0.1, -0.05) is 6.07 Å². The van der Waals surface area contributed by atoms with E-state index in [9.17, 15) is 9.18 Å². The van der Waals surface area contributed by atoms with Crippen molar-refractivity contribution in [3.8, 4) is 11.1 Å². The number of morpholine rings is 1. The van der Waals surface area contributed by atoms with E-state index in [-0.39, 0.29) is 5.91 Å². The van der Waals surface area contributed by atoms with E-state index in [1.807, 2.05) is 42.7 Å². The molecular weight excluding hydrogens is 497 g/mol. The molecule has 0 atom stereocenters. The third kappa shape index (κ3) is 5.76. The maximum absolute atomic E-state index is 14.2. The number of H-pyrrole nitrogens is 1. The summed E-state index contributed by atoms with van der Waals surface area (Å²) >= 11 is 0. The maximum atomic E-state index is 14.2. The van der Waals surface area contributed by atoms with Gasteiger partial charge in [-0.3, -0.25) is 19.8 Å². The van der Waals surface area contributed by atoms with Crippen molar-refractivity contribution in [2.45, 2.75) is 32.0 Å². The fourth-order valence-corrected chi connectivity index (χ4v) is 5.16. The monoisotopic (exact) mass is 529 g/mol. The lowest BCUT2D eigenvalue weighted by atomic mass is 9.95. The topological polar surface area (TPSA) is 99.3 Å². The molecule has 0 bridgehead atoms. The fourth-order valence-electron chi connectivity index (χ4n) is 5.16. The first-order valence-corrected chi connectivity index (χ1v) is 13.4. The number of anilines is 2. The van der Waals surface area contributed by atoms with Gasteiger partial charge in [-0.2, -0.15) is 5.10 Å². The largest absolute Gasteiger partial charge is 0.378 e. The molecule has 1 aromatic carbocycles. The first kappa shape index (κ1) is 25.4. The molecule has 202 valence electrons. The number of benzene rings is 1. The summed E-state index contributed by atoms with van der Waals surface area (Å²) in [6, 6.07) is 11.7. The van der Waals surface area contributed by atoms with Gasteiger partial charge in [0.2, 0.25) is 0 Å². The number of halogens is 1. The van der Waals surface area contributed by atoms with Crippen molar-refractivity contribution in [1.82, 2.24) is 25.1 Å². The summed E-state index contributed by atoms with van der Waals surface area (Å²) in [6.45, 7) is 6.87. The maximum Gasteiger partial charge on any atom is 0.276 e. The quantitative estimate of drug-likeness (QED) is 0.381. The molecule has 5 heterocycles. The second-order valence-corrected chi connectivity index (χ2v) is 10.6. The van der Waals surface area contributed by atoms with Crippen LogP contribution in [0.1, 0.15) is 35.8 Å². The van der Waals surface area contributed by atoms with Crippen LogP contribution in [0, 0.1) is 0 Å². The standard InChI is InChI=1S/C29H32FN7O2/c1-29(30)6-8-36(9-7-29)19-20-14-22(17-31-16-20)21-2-4-25-24(15-21)27(35-34-25)28(38)33-23-3-5-26(32-18-23)37-10-12-39-13-11-37/h2-5,14-18H,6-13,19H2,1H3,(H,33,38)(H,34,35). The van der Waals surface area contributed by atoms with Crippen LogP contribution < -0.4 is 10.2 Å². The first-order chi connectivity index (χ1) is 18.9. The molecule has 0 spiro atoms. The van der Waals surface area contributed by atoms with Crippen LogP contribution in [0.5, 0.6) is 0 Å². The van der Waals surface area contributed by atoms with Gasteiger partial charge in [0, 0.05) is 56.1 Å². The number of carbonyl (C=O) groups is 1. The number of ether oxygens (including phenoxy) is 1. The zero-order valence-electron chi connectivity index (χ0n) is 22.0. The predicted octanol–water partition coefficient (Wildman–Crippen LogP) is 4.43. The predicted molar refractivity (Wildman–Crippen MR) is 149 cm³/mol. The Balaban J connectivity index is 1.17. The Morgan fingerprint density at radius 3 is 2.64 bits per heavy atom. The van der Waals surface area contributed by atoms with Gasteiger partial charge in [0.25, 0.3) is 5.91 Å². The molecule has 0 unspecified atom stereocenters. The number of nitrogens with zero attached hydrogens (tertiary/aromatic N) is 5. The third-order valence-corrected chi connectivity index (χ3v) is 7.55. The lowest BCUT2D eigenvalue weighted by Gasteiger charge is -2.34. The van der Waals surface area contributed by atoms with Gasteiger partial charge in [-0.15, -0.1) is 0 Å². The highest BCUT2D eigenvalue weighted by Crippen LogP contribution is 2.29. The summed E-state index contributed by atoms with van der Waals surface area (Å²) in [4.78, 5) is 26.5. The number of fused-ring (bicyclic) bond motifs is 1. The number of nitrogens with one attached hydrogen (secondary N) is 2. The number of rotatable bonds is 6. The summed E-state index contributed by atoms with van der Waals surface area (Å²) in [5.74, 6) is 0.555. The number of aromatic nitrogens is 4. The van der Waals surface area contributed by atoms with Gasteiger partial charge in [0.1, 0.15) is 11.5 Å². The van der Waals surface area contributed by atoms with Crippen molar-refractivity contribution in [3.05, 3.63) is 66.2 Å². The van der Waals surface area contributed by atoms with Crippen LogP contribution in [0.25, 0.3) is 22.0 Å². The molecule has 3 aromatic heterocycles. The lowest BCUT2D eigenvalue weighted by molar-refractivity contribution is 0.0704. The number of aromatic amines is 1. The summed E-state index contributed by atoms with van der Waals surface area (Å²) in [6.07, 6.45) is 6.45. The van der Waals surface area contributed by atoms with Crippen molar-refractivity contribution in [2.24, 2.45) is 0 Å². The Bertz CT molecular complexity index is 1450. The molecule has 0 saturated carbocycles. The Morgan fingerprint density at radius 2 is 1.87 bits per heavy atom. The minimum absolute atomic E-state index is 0.309. The molecule has 6 rings (SSSR count). The van der Waals surface area contributed by atoms with Crippen LogP contribution in [0.4, 0.5) is 15.9 Å². The molecule has 2 N–H and O–H groups in total. The average Bonchev–Trinajstić information content (AvgIpc) is 3.39. The van der Waals surface area contributed by atoms with Crippen molar-refractivity contribution in [3.63, 3.8) is 0 Å². The van der Waals surface area contributed by atoms with Crippen LogP contribution in [0.2, 0.25) is 0 Å². The van der Waals surface area contributed by atoms with Gasteiger partial charge in [0.05, 0.1) is 30.6 Å². The number of piperidine rings is 1. The van der Waals surface area contributed by atoms with E-state index in [4.69, 9.17) is 4.74 Å². The molecule has 39 heavy (non-hydrogen) atoms. The van der Waals surface area contributed by atoms with Crippen LogP contribution in [0.15, 0.2) is 55.0 Å². The lowest BCUT2D eigenvalue weighted by Crippen LogP contribution is -2.39. The smallest absolute Gasteiger partial charge is 0.276 e. The van der Waals surface area contributed by atoms with E-state index in [0.717, 1.165) is 66.1 Å². The Hall–Kier alpha value is -3.89. The number of pyridine rings is 2. The first-order valence-electron chi connectivity index (χ1n) is 13.4. The molecule has 1 amide bonds. The number of hydrogen-bond acceptors (Lipinski definition) is 7. The summed E-state index contributed by atoms with van der Waals surface area (Å²) in [5, 5.41) is 10.9. The normalized spacial score (nSPS) is 17.8.